The molecule has 4 fully saturated rings. The van der Waals surface area contributed by atoms with Gasteiger partial charge in [-0.25, -0.2) is 9.97 Å². The Bertz CT molecular complexity index is 1610. The summed E-state index contributed by atoms with van der Waals surface area (Å²) in [5.41, 5.74) is 12.0. The number of nitrogens with zero attached hydrogens (tertiary/aromatic N) is 5. The monoisotopic (exact) mass is 510 g/mol. The molecule has 3 aliphatic carbocycles. The van der Waals surface area contributed by atoms with Crippen LogP contribution in [0.2, 0.25) is 0 Å². The van der Waals surface area contributed by atoms with Gasteiger partial charge in [-0.1, -0.05) is 0 Å². The molecule has 4 heterocycles. The number of likely N-dealkylation sites (tertiary alicyclic amines) is 1. The van der Waals surface area contributed by atoms with Gasteiger partial charge in [0.2, 0.25) is 0 Å². The molecule has 38 heavy (non-hydrogen) atoms. The quantitative estimate of drug-likeness (QED) is 0.414. The maximum atomic E-state index is 13.6. The number of fused-ring (bicyclic) bond motifs is 4. The molecule has 1 aromatic carbocycles. The molecule has 8 rings (SSSR count). The van der Waals surface area contributed by atoms with Crippen LogP contribution in [-0.4, -0.2) is 55.6 Å². The number of amides is 1. The molecule has 8 nitrogen and oxygen atoms in total. The van der Waals surface area contributed by atoms with E-state index >= 15 is 0 Å². The molecule has 3 atom stereocenters. The van der Waals surface area contributed by atoms with Crippen LogP contribution in [0.25, 0.3) is 33.6 Å². The average molecular weight is 511 g/mol. The molecule has 1 saturated heterocycles. The summed E-state index contributed by atoms with van der Waals surface area (Å²) in [5, 5.41) is 1.15. The normalized spacial score (nSPS) is 24.7. The molecule has 1 aliphatic heterocycles. The predicted molar refractivity (Wildman–Crippen MR) is 146 cm³/mol. The minimum Gasteiger partial charge on any atom is -0.494 e. The maximum absolute atomic E-state index is 13.6. The second-order valence-electron chi connectivity index (χ2n) is 12.0. The Labute approximate surface area is 221 Å². The van der Waals surface area contributed by atoms with Gasteiger partial charge in [-0.3, -0.25) is 4.79 Å². The summed E-state index contributed by atoms with van der Waals surface area (Å²) >= 11 is 0. The summed E-state index contributed by atoms with van der Waals surface area (Å²) in [6, 6.07) is 10.7. The van der Waals surface area contributed by atoms with Gasteiger partial charge in [-0.05, 0) is 80.7 Å². The Hall–Kier alpha value is -3.39. The second-order valence-corrected chi connectivity index (χ2v) is 12.0. The highest BCUT2D eigenvalue weighted by Crippen LogP contribution is 2.42. The number of hydrogen-bond donors (Lipinski definition) is 1. The minimum atomic E-state index is 0.0275. The van der Waals surface area contributed by atoms with E-state index in [1.807, 2.05) is 24.1 Å². The van der Waals surface area contributed by atoms with Crippen LogP contribution in [0.5, 0.6) is 5.75 Å². The second kappa shape index (κ2) is 8.06. The molecule has 4 aromatic rings. The number of hydrogen-bond acceptors (Lipinski definition) is 5. The van der Waals surface area contributed by atoms with E-state index in [0.29, 0.717) is 29.1 Å². The van der Waals surface area contributed by atoms with Gasteiger partial charge in [0.15, 0.2) is 5.82 Å². The summed E-state index contributed by atoms with van der Waals surface area (Å²) < 4.78 is 10.3. The van der Waals surface area contributed by atoms with Crippen molar-refractivity contribution in [3.63, 3.8) is 0 Å². The summed E-state index contributed by atoms with van der Waals surface area (Å²) in [5.74, 6) is 3.30. The lowest BCUT2D eigenvalue weighted by Crippen LogP contribution is -2.41. The molecule has 2 bridgehead atoms. The molecule has 0 radical (unpaired) electrons. The third-order valence-electron chi connectivity index (χ3n) is 9.44. The third-order valence-corrected chi connectivity index (χ3v) is 9.44. The highest BCUT2D eigenvalue weighted by molar-refractivity contribution is 6.00. The summed E-state index contributed by atoms with van der Waals surface area (Å²) in [6.07, 6.45) is 7.13. The molecule has 2 unspecified atom stereocenters. The molecular weight excluding hydrogens is 476 g/mol. The molecule has 3 saturated carbocycles. The number of ether oxygens (including phenoxy) is 1. The standard InChI is InChI=1S/C30H34N6O2/c1-34-27-22(11-20(13-25(27)38-2)30(37)36-15-19-8-10-23(36)26(19)31)33-29(34)24-12-18-7-9-21(17-5-6-17)32-28(18)35(24)14-16-3-4-16/h7,9,11-13,16-17,19,23,26H,3-6,8,10,14-15,31H2,1-2H3/t19?,23?,26-/m1/s1. The molecule has 3 aromatic heterocycles. The number of aromatic nitrogens is 4. The van der Waals surface area contributed by atoms with Crippen LogP contribution in [-0.2, 0) is 13.6 Å². The number of nitrogens with two attached hydrogens (primary N) is 1. The Kier molecular flexibility index (Phi) is 4.79. The van der Waals surface area contributed by atoms with Crippen LogP contribution < -0.4 is 10.5 Å². The van der Waals surface area contributed by atoms with Gasteiger partial charge in [-0.2, -0.15) is 0 Å². The smallest absolute Gasteiger partial charge is 0.254 e. The van der Waals surface area contributed by atoms with E-state index in [1.54, 1.807) is 7.11 Å². The van der Waals surface area contributed by atoms with Gasteiger partial charge < -0.3 is 24.5 Å². The Morgan fingerprint density at radius 3 is 2.61 bits per heavy atom. The zero-order chi connectivity index (χ0) is 25.7. The van der Waals surface area contributed by atoms with E-state index in [0.717, 1.165) is 59.5 Å². The summed E-state index contributed by atoms with van der Waals surface area (Å²) in [6.45, 7) is 1.71. The fraction of sp³-hybridized carbons (Fsp3) is 0.500. The largest absolute Gasteiger partial charge is 0.494 e. The molecular formula is C30H34N6O2. The molecule has 196 valence electrons. The van der Waals surface area contributed by atoms with Crippen molar-refractivity contribution in [2.45, 2.75) is 63.1 Å². The van der Waals surface area contributed by atoms with Crippen molar-refractivity contribution >= 4 is 28.0 Å². The van der Waals surface area contributed by atoms with E-state index in [4.69, 9.17) is 20.4 Å². The predicted octanol–water partition coefficient (Wildman–Crippen LogP) is 4.45. The van der Waals surface area contributed by atoms with Crippen LogP contribution in [0.1, 0.15) is 60.5 Å². The first kappa shape index (κ1) is 22.6. The minimum absolute atomic E-state index is 0.0275. The van der Waals surface area contributed by atoms with Crippen LogP contribution in [0.15, 0.2) is 30.3 Å². The van der Waals surface area contributed by atoms with Gasteiger partial charge in [0.1, 0.15) is 16.9 Å². The van der Waals surface area contributed by atoms with Crippen molar-refractivity contribution in [3.05, 3.63) is 41.6 Å². The zero-order valence-electron chi connectivity index (χ0n) is 22.1. The number of aryl methyl sites for hydroxylation is 1. The van der Waals surface area contributed by atoms with Crippen LogP contribution in [0, 0.1) is 11.8 Å². The Morgan fingerprint density at radius 1 is 1.08 bits per heavy atom. The maximum Gasteiger partial charge on any atom is 0.254 e. The molecule has 4 aliphatic rings. The highest BCUT2D eigenvalue weighted by Gasteiger charge is 2.47. The SMILES string of the molecule is COc1cc(C(=O)N2CC3CCC2[C@@H]3N)cc2nc(-c3cc4ccc(C5CC5)nc4n3CC3CC3)n(C)c12. The first-order valence-electron chi connectivity index (χ1n) is 14.1. The lowest BCUT2D eigenvalue weighted by molar-refractivity contribution is 0.0700. The number of benzene rings is 1. The summed E-state index contributed by atoms with van der Waals surface area (Å²) in [4.78, 5) is 25.8. The van der Waals surface area contributed by atoms with Gasteiger partial charge in [-0.15, -0.1) is 0 Å². The highest BCUT2D eigenvalue weighted by atomic mass is 16.5. The number of carbonyl (C=O) groups excluding carboxylic acids is 1. The number of carbonyl (C=O) groups is 1. The Balaban J connectivity index is 1.25. The van der Waals surface area contributed by atoms with E-state index in [9.17, 15) is 4.79 Å². The molecule has 2 N–H and O–H groups in total. The van der Waals surface area contributed by atoms with E-state index in [-0.39, 0.29) is 18.0 Å². The first-order valence-corrected chi connectivity index (χ1v) is 14.1. The molecule has 8 heteroatoms. The van der Waals surface area contributed by atoms with Gasteiger partial charge in [0.05, 0.1) is 18.3 Å². The first-order chi connectivity index (χ1) is 18.5. The van der Waals surface area contributed by atoms with Crippen LogP contribution >= 0.6 is 0 Å². The summed E-state index contributed by atoms with van der Waals surface area (Å²) in [7, 11) is 3.70. The number of piperidine rings is 1. The van der Waals surface area contributed by atoms with Crippen LogP contribution in [0.4, 0.5) is 0 Å². The number of imidazole rings is 1. The van der Waals surface area contributed by atoms with Crippen molar-refractivity contribution in [2.75, 3.05) is 13.7 Å². The third kappa shape index (κ3) is 3.35. The molecule has 1 amide bonds. The average Bonchev–Trinajstić information content (AvgIpc) is 3.84. The Morgan fingerprint density at radius 2 is 1.92 bits per heavy atom. The number of rotatable bonds is 6. The van der Waals surface area contributed by atoms with E-state index in [2.05, 4.69) is 27.3 Å². The fourth-order valence-corrected chi connectivity index (χ4v) is 6.94. The van der Waals surface area contributed by atoms with E-state index in [1.165, 1.54) is 31.4 Å². The van der Waals surface area contributed by atoms with Gasteiger partial charge in [0, 0.05) is 54.8 Å². The van der Waals surface area contributed by atoms with Gasteiger partial charge in [0.25, 0.3) is 5.91 Å². The number of methoxy groups -OCH3 is 1. The van der Waals surface area contributed by atoms with E-state index < -0.39 is 0 Å². The zero-order valence-corrected chi connectivity index (χ0v) is 22.1. The van der Waals surface area contributed by atoms with Crippen molar-refractivity contribution < 1.29 is 9.53 Å². The van der Waals surface area contributed by atoms with Crippen molar-refractivity contribution in [2.24, 2.45) is 24.6 Å². The number of pyridine rings is 1. The van der Waals surface area contributed by atoms with Crippen molar-refractivity contribution in [1.82, 2.24) is 24.0 Å². The van der Waals surface area contributed by atoms with Crippen molar-refractivity contribution in [1.29, 1.82) is 0 Å². The lowest BCUT2D eigenvalue weighted by Gasteiger charge is -2.27. The lowest BCUT2D eigenvalue weighted by atomic mass is 10.1. The van der Waals surface area contributed by atoms with Crippen molar-refractivity contribution in [3.8, 4) is 17.3 Å². The molecule has 0 spiro atoms. The fourth-order valence-electron chi connectivity index (χ4n) is 6.94. The van der Waals surface area contributed by atoms with Gasteiger partial charge >= 0.3 is 0 Å². The topological polar surface area (TPSA) is 91.2 Å². The van der Waals surface area contributed by atoms with Crippen LogP contribution in [0.3, 0.4) is 0 Å².